The minimum atomic E-state index is -0.172. The van der Waals surface area contributed by atoms with E-state index in [1.165, 1.54) is 0 Å². The Balaban J connectivity index is 1.77. The molecule has 3 aromatic rings. The monoisotopic (exact) mass is 289 g/mol. The standard InChI is InChI=1S/C13H12ClN5O/c1-9(14)11-7-19(18-16-11)8-12-15-13(20-17-12)10-5-3-2-4-6-10/h2-7,9H,8H2,1H3. The molecule has 102 valence electrons. The summed E-state index contributed by atoms with van der Waals surface area (Å²) in [6.45, 7) is 2.24. The van der Waals surface area contributed by atoms with Gasteiger partial charge in [0.05, 0.1) is 11.6 Å². The van der Waals surface area contributed by atoms with Crippen LogP contribution >= 0.6 is 11.6 Å². The number of halogens is 1. The largest absolute Gasteiger partial charge is 0.334 e. The van der Waals surface area contributed by atoms with Gasteiger partial charge < -0.3 is 4.52 Å². The second-order valence-corrected chi connectivity index (χ2v) is 4.99. The Labute approximate surface area is 120 Å². The Morgan fingerprint density at radius 3 is 2.80 bits per heavy atom. The van der Waals surface area contributed by atoms with E-state index < -0.39 is 0 Å². The number of hydrogen-bond donors (Lipinski definition) is 0. The van der Waals surface area contributed by atoms with Crippen molar-refractivity contribution < 1.29 is 4.52 Å². The lowest BCUT2D eigenvalue weighted by atomic mass is 10.2. The molecule has 0 aliphatic carbocycles. The van der Waals surface area contributed by atoms with Gasteiger partial charge in [0, 0.05) is 5.56 Å². The molecule has 7 heteroatoms. The van der Waals surface area contributed by atoms with Crippen molar-refractivity contribution in [2.24, 2.45) is 0 Å². The number of rotatable bonds is 4. The van der Waals surface area contributed by atoms with Gasteiger partial charge in [0.2, 0.25) is 0 Å². The summed E-state index contributed by atoms with van der Waals surface area (Å²) < 4.78 is 6.86. The lowest BCUT2D eigenvalue weighted by Gasteiger charge is -1.94. The molecule has 0 saturated heterocycles. The minimum Gasteiger partial charge on any atom is -0.334 e. The van der Waals surface area contributed by atoms with Crippen molar-refractivity contribution in [1.29, 1.82) is 0 Å². The summed E-state index contributed by atoms with van der Waals surface area (Å²) in [6, 6.07) is 9.61. The Bertz CT molecular complexity index is 692. The molecule has 0 fully saturated rings. The van der Waals surface area contributed by atoms with Crippen LogP contribution in [0.3, 0.4) is 0 Å². The average Bonchev–Trinajstić information content (AvgIpc) is 3.10. The highest BCUT2D eigenvalue weighted by Gasteiger charge is 2.11. The lowest BCUT2D eigenvalue weighted by Crippen LogP contribution is -2.02. The minimum absolute atomic E-state index is 0.172. The summed E-state index contributed by atoms with van der Waals surface area (Å²) >= 11 is 5.94. The van der Waals surface area contributed by atoms with Gasteiger partial charge in [0.1, 0.15) is 12.2 Å². The maximum Gasteiger partial charge on any atom is 0.257 e. The third kappa shape index (κ3) is 2.70. The van der Waals surface area contributed by atoms with Crippen molar-refractivity contribution in [3.05, 3.63) is 48.0 Å². The molecular formula is C13H12ClN5O. The molecule has 0 radical (unpaired) electrons. The van der Waals surface area contributed by atoms with Gasteiger partial charge in [-0.15, -0.1) is 16.7 Å². The molecule has 1 atom stereocenters. The van der Waals surface area contributed by atoms with Crippen LogP contribution in [0.1, 0.15) is 23.8 Å². The zero-order chi connectivity index (χ0) is 13.9. The van der Waals surface area contributed by atoms with Crippen molar-refractivity contribution in [2.75, 3.05) is 0 Å². The topological polar surface area (TPSA) is 69.6 Å². The van der Waals surface area contributed by atoms with Gasteiger partial charge in [0.25, 0.3) is 5.89 Å². The van der Waals surface area contributed by atoms with E-state index in [2.05, 4.69) is 20.5 Å². The quantitative estimate of drug-likeness (QED) is 0.691. The Hall–Kier alpha value is -2.21. The van der Waals surface area contributed by atoms with Crippen molar-refractivity contribution in [3.63, 3.8) is 0 Å². The van der Waals surface area contributed by atoms with Gasteiger partial charge in [-0.2, -0.15) is 4.98 Å². The highest BCUT2D eigenvalue weighted by Crippen LogP contribution is 2.17. The van der Waals surface area contributed by atoms with Gasteiger partial charge in [-0.3, -0.25) is 0 Å². The van der Waals surface area contributed by atoms with E-state index >= 15 is 0 Å². The van der Waals surface area contributed by atoms with E-state index in [1.807, 2.05) is 37.3 Å². The van der Waals surface area contributed by atoms with Crippen LogP contribution < -0.4 is 0 Å². The number of alkyl halides is 1. The zero-order valence-corrected chi connectivity index (χ0v) is 11.5. The molecule has 3 rings (SSSR count). The van der Waals surface area contributed by atoms with Crippen LogP contribution in [0.5, 0.6) is 0 Å². The molecule has 0 aliphatic rings. The maximum atomic E-state index is 5.94. The van der Waals surface area contributed by atoms with Crippen LogP contribution in [-0.2, 0) is 6.54 Å². The first-order chi connectivity index (χ1) is 9.72. The van der Waals surface area contributed by atoms with E-state index in [9.17, 15) is 0 Å². The van der Waals surface area contributed by atoms with Crippen molar-refractivity contribution in [3.8, 4) is 11.5 Å². The number of aromatic nitrogens is 5. The van der Waals surface area contributed by atoms with Gasteiger partial charge in [-0.25, -0.2) is 4.68 Å². The highest BCUT2D eigenvalue weighted by molar-refractivity contribution is 6.20. The number of benzene rings is 1. The molecule has 0 aliphatic heterocycles. The van der Waals surface area contributed by atoms with Gasteiger partial charge >= 0.3 is 0 Å². The first kappa shape index (κ1) is 12.8. The molecule has 1 unspecified atom stereocenters. The average molecular weight is 290 g/mol. The molecule has 0 saturated carbocycles. The Morgan fingerprint density at radius 2 is 2.10 bits per heavy atom. The summed E-state index contributed by atoms with van der Waals surface area (Å²) in [6.07, 6.45) is 1.77. The zero-order valence-electron chi connectivity index (χ0n) is 10.8. The number of hydrogen-bond acceptors (Lipinski definition) is 5. The van der Waals surface area contributed by atoms with E-state index in [-0.39, 0.29) is 5.38 Å². The smallest absolute Gasteiger partial charge is 0.257 e. The summed E-state index contributed by atoms with van der Waals surface area (Å²) in [5, 5.41) is 11.7. The third-order valence-corrected chi connectivity index (χ3v) is 2.98. The van der Waals surface area contributed by atoms with Crippen molar-refractivity contribution >= 4 is 11.6 Å². The normalized spacial score (nSPS) is 12.5. The van der Waals surface area contributed by atoms with Gasteiger partial charge in [-0.1, -0.05) is 28.6 Å². The maximum absolute atomic E-state index is 5.94. The molecule has 20 heavy (non-hydrogen) atoms. The Kier molecular flexibility index (Phi) is 3.47. The lowest BCUT2D eigenvalue weighted by molar-refractivity contribution is 0.418. The van der Waals surface area contributed by atoms with E-state index in [1.54, 1.807) is 10.9 Å². The second-order valence-electron chi connectivity index (χ2n) is 4.34. The van der Waals surface area contributed by atoms with Crippen LogP contribution in [-0.4, -0.2) is 25.1 Å². The third-order valence-electron chi connectivity index (χ3n) is 2.76. The first-order valence-electron chi connectivity index (χ1n) is 6.14. The fourth-order valence-corrected chi connectivity index (χ4v) is 1.83. The molecule has 2 heterocycles. The molecule has 6 nitrogen and oxygen atoms in total. The summed E-state index contributed by atoms with van der Waals surface area (Å²) in [5.41, 5.74) is 1.61. The van der Waals surface area contributed by atoms with Crippen molar-refractivity contribution in [2.45, 2.75) is 18.8 Å². The van der Waals surface area contributed by atoms with E-state index in [4.69, 9.17) is 16.1 Å². The molecular weight excluding hydrogens is 278 g/mol. The Morgan fingerprint density at radius 1 is 1.30 bits per heavy atom. The molecule has 0 bridgehead atoms. The van der Waals surface area contributed by atoms with Gasteiger partial charge in [-0.05, 0) is 19.1 Å². The molecule has 0 spiro atoms. The predicted octanol–water partition coefficient (Wildman–Crippen LogP) is 2.68. The van der Waals surface area contributed by atoms with Crippen molar-refractivity contribution in [1.82, 2.24) is 25.1 Å². The van der Waals surface area contributed by atoms with Crippen LogP contribution in [0, 0.1) is 0 Å². The van der Waals surface area contributed by atoms with Crippen LogP contribution in [0.4, 0.5) is 0 Å². The number of nitrogens with zero attached hydrogens (tertiary/aromatic N) is 5. The summed E-state index contributed by atoms with van der Waals surface area (Å²) in [7, 11) is 0. The van der Waals surface area contributed by atoms with Gasteiger partial charge in [0.15, 0.2) is 5.82 Å². The summed E-state index contributed by atoms with van der Waals surface area (Å²) in [4.78, 5) is 4.33. The highest BCUT2D eigenvalue weighted by atomic mass is 35.5. The SMILES string of the molecule is CC(Cl)c1cn(Cc2noc(-c3ccccc3)n2)nn1. The molecule has 2 aromatic heterocycles. The molecule has 0 N–H and O–H groups in total. The second kappa shape index (κ2) is 5.42. The van der Waals surface area contributed by atoms with Crippen LogP contribution in [0.15, 0.2) is 41.1 Å². The van der Waals surface area contributed by atoms with E-state index in [0.29, 0.717) is 18.3 Å². The summed E-state index contributed by atoms with van der Waals surface area (Å²) in [5.74, 6) is 1.04. The fraction of sp³-hybridized carbons (Fsp3) is 0.231. The van der Waals surface area contributed by atoms with Crippen LogP contribution in [0.2, 0.25) is 0 Å². The molecule has 1 aromatic carbocycles. The first-order valence-corrected chi connectivity index (χ1v) is 6.58. The van der Waals surface area contributed by atoms with Crippen LogP contribution in [0.25, 0.3) is 11.5 Å². The predicted molar refractivity (Wildman–Crippen MR) is 73.1 cm³/mol. The fourth-order valence-electron chi connectivity index (χ4n) is 1.73. The van der Waals surface area contributed by atoms with E-state index in [0.717, 1.165) is 11.3 Å². The molecule has 0 amide bonds.